The van der Waals surface area contributed by atoms with Crippen molar-refractivity contribution in [2.45, 2.75) is 12.3 Å². The molecule has 1 fully saturated rings. The molecule has 0 saturated carbocycles. The van der Waals surface area contributed by atoms with E-state index in [1.807, 2.05) is 0 Å². The maximum atomic E-state index is 14.5. The van der Waals surface area contributed by atoms with E-state index < -0.39 is 46.3 Å². The van der Waals surface area contributed by atoms with Crippen LogP contribution in [0.3, 0.4) is 0 Å². The first kappa shape index (κ1) is 21.7. The lowest BCUT2D eigenvalue weighted by Crippen LogP contribution is -2.41. The first-order valence-electron chi connectivity index (χ1n) is 8.98. The lowest BCUT2D eigenvalue weighted by atomic mass is 10.0. The van der Waals surface area contributed by atoms with Crippen LogP contribution in [0.15, 0.2) is 36.4 Å². The maximum Gasteiger partial charge on any atom is 0.352 e. The lowest BCUT2D eigenvalue weighted by molar-refractivity contribution is -0.147. The average Bonchev–Trinajstić information content (AvgIpc) is 3.22. The van der Waals surface area contributed by atoms with Crippen LogP contribution in [0, 0.1) is 23.4 Å². The number of amides is 2. The molecule has 5 nitrogen and oxygen atoms in total. The van der Waals surface area contributed by atoms with Gasteiger partial charge in [0.2, 0.25) is 0 Å². The summed E-state index contributed by atoms with van der Waals surface area (Å²) in [5.74, 6) is -10.7. The first-order valence-corrected chi connectivity index (χ1v) is 8.98. The van der Waals surface area contributed by atoms with Crippen LogP contribution in [0.2, 0.25) is 0 Å². The number of hydrogen-bond acceptors (Lipinski definition) is 3. The number of rotatable bonds is 6. The molecular weight excluding hydrogens is 411 g/mol. The second kappa shape index (κ2) is 8.78. The van der Waals surface area contributed by atoms with Gasteiger partial charge in [0.15, 0.2) is 11.6 Å². The van der Waals surface area contributed by atoms with Crippen molar-refractivity contribution < 1.29 is 36.3 Å². The molecule has 0 aromatic heterocycles. The van der Waals surface area contributed by atoms with Gasteiger partial charge in [0.1, 0.15) is 5.82 Å². The van der Waals surface area contributed by atoms with Gasteiger partial charge in [-0.3, -0.25) is 9.59 Å². The van der Waals surface area contributed by atoms with Gasteiger partial charge in [-0.2, -0.15) is 8.78 Å². The number of ether oxygens (including phenoxy) is 1. The van der Waals surface area contributed by atoms with Crippen molar-refractivity contribution in [2.24, 2.45) is 5.92 Å². The Hall–Kier alpha value is -3.01. The van der Waals surface area contributed by atoms with Crippen LogP contribution in [0.4, 0.5) is 27.6 Å². The van der Waals surface area contributed by atoms with Crippen LogP contribution in [-0.4, -0.2) is 31.6 Å². The Morgan fingerprint density at radius 1 is 1.03 bits per heavy atom. The summed E-state index contributed by atoms with van der Waals surface area (Å²) in [7, 11) is 0. The van der Waals surface area contributed by atoms with Crippen molar-refractivity contribution in [1.82, 2.24) is 5.32 Å². The summed E-state index contributed by atoms with van der Waals surface area (Å²) in [6.45, 7) is 0.757. The number of nitrogens with one attached hydrogen (secondary N) is 2. The molecule has 1 unspecified atom stereocenters. The molecule has 2 amide bonds. The number of halogens is 5. The highest BCUT2D eigenvalue weighted by molar-refractivity contribution is 6.04. The van der Waals surface area contributed by atoms with Gasteiger partial charge in [0.05, 0.1) is 12.2 Å². The fourth-order valence-electron chi connectivity index (χ4n) is 2.90. The Labute approximate surface area is 168 Å². The zero-order valence-corrected chi connectivity index (χ0v) is 15.5. The molecule has 10 heteroatoms. The van der Waals surface area contributed by atoms with Crippen molar-refractivity contribution in [3.05, 3.63) is 65.0 Å². The molecule has 2 aromatic carbocycles. The topological polar surface area (TPSA) is 67.4 Å². The van der Waals surface area contributed by atoms with Crippen molar-refractivity contribution in [1.29, 1.82) is 0 Å². The molecule has 0 spiro atoms. The Balaban J connectivity index is 1.76. The second-order valence-electron chi connectivity index (χ2n) is 6.79. The predicted molar refractivity (Wildman–Crippen MR) is 96.5 cm³/mol. The van der Waals surface area contributed by atoms with Crippen LogP contribution >= 0.6 is 0 Å². The third kappa shape index (κ3) is 4.76. The zero-order chi connectivity index (χ0) is 21.9. The van der Waals surface area contributed by atoms with Gasteiger partial charge in [-0.15, -0.1) is 0 Å². The Kier molecular flexibility index (Phi) is 6.35. The summed E-state index contributed by atoms with van der Waals surface area (Å²) in [6.07, 6.45) is 0.611. The van der Waals surface area contributed by atoms with Crippen molar-refractivity contribution in [3.8, 4) is 0 Å². The number of carbonyl (C=O) groups is 2. The lowest BCUT2D eigenvalue weighted by Gasteiger charge is -2.19. The van der Waals surface area contributed by atoms with Crippen molar-refractivity contribution >= 4 is 17.5 Å². The second-order valence-corrected chi connectivity index (χ2v) is 6.79. The molecule has 1 aliphatic rings. The summed E-state index contributed by atoms with van der Waals surface area (Å²) < 4.78 is 74.5. The summed E-state index contributed by atoms with van der Waals surface area (Å²) in [4.78, 5) is 24.2. The minimum atomic E-state index is -4.23. The highest BCUT2D eigenvalue weighted by Gasteiger charge is 2.43. The van der Waals surface area contributed by atoms with E-state index in [-0.39, 0.29) is 18.2 Å². The van der Waals surface area contributed by atoms with Crippen LogP contribution < -0.4 is 10.6 Å². The minimum Gasteiger partial charge on any atom is -0.381 e. The minimum absolute atomic E-state index is 0.0493. The molecule has 0 aliphatic carbocycles. The number of carbonyl (C=O) groups excluding carboxylic acids is 2. The smallest absolute Gasteiger partial charge is 0.352 e. The van der Waals surface area contributed by atoms with Gasteiger partial charge < -0.3 is 15.4 Å². The van der Waals surface area contributed by atoms with Crippen LogP contribution in [0.25, 0.3) is 0 Å². The van der Waals surface area contributed by atoms with Gasteiger partial charge in [0.25, 0.3) is 11.8 Å². The summed E-state index contributed by atoms with van der Waals surface area (Å²) in [5.41, 5.74) is -1.80. The van der Waals surface area contributed by atoms with Gasteiger partial charge in [0, 0.05) is 36.4 Å². The van der Waals surface area contributed by atoms with Crippen LogP contribution in [0.5, 0.6) is 0 Å². The van der Waals surface area contributed by atoms with E-state index in [4.69, 9.17) is 4.74 Å². The molecule has 30 heavy (non-hydrogen) atoms. The Bertz CT molecular complexity index is 961. The van der Waals surface area contributed by atoms with E-state index in [1.54, 1.807) is 0 Å². The number of hydrogen-bond donors (Lipinski definition) is 2. The van der Waals surface area contributed by atoms with Crippen molar-refractivity contribution in [3.63, 3.8) is 0 Å². The summed E-state index contributed by atoms with van der Waals surface area (Å²) in [5, 5.41) is 4.27. The molecule has 2 N–H and O–H groups in total. The van der Waals surface area contributed by atoms with E-state index in [9.17, 15) is 31.5 Å². The number of alkyl halides is 2. The molecule has 1 aliphatic heterocycles. The molecule has 0 radical (unpaired) electrons. The highest BCUT2D eigenvalue weighted by Crippen LogP contribution is 2.31. The number of anilines is 1. The first-order chi connectivity index (χ1) is 14.2. The SMILES string of the molecule is O=C(Nc1ccc(F)c(F)c1)c1ccc(F)c(C(F)(F)C(=O)NCC2CCOC2)c1. The Morgan fingerprint density at radius 3 is 2.43 bits per heavy atom. The van der Waals surface area contributed by atoms with E-state index >= 15 is 0 Å². The molecule has 1 atom stereocenters. The molecule has 160 valence electrons. The molecule has 2 aromatic rings. The van der Waals surface area contributed by atoms with Gasteiger partial charge in [-0.05, 0) is 36.8 Å². The molecular formula is C20H17F5N2O3. The van der Waals surface area contributed by atoms with Gasteiger partial charge in [-0.1, -0.05) is 0 Å². The largest absolute Gasteiger partial charge is 0.381 e. The zero-order valence-electron chi connectivity index (χ0n) is 15.5. The molecule has 1 heterocycles. The number of benzene rings is 2. The third-order valence-electron chi connectivity index (χ3n) is 4.60. The predicted octanol–water partition coefficient (Wildman–Crippen LogP) is 3.60. The van der Waals surface area contributed by atoms with Gasteiger partial charge in [-0.25, -0.2) is 13.2 Å². The van der Waals surface area contributed by atoms with Crippen LogP contribution in [-0.2, 0) is 15.5 Å². The Morgan fingerprint density at radius 2 is 1.77 bits per heavy atom. The fraction of sp³-hybridized carbons (Fsp3) is 0.300. The highest BCUT2D eigenvalue weighted by atomic mass is 19.3. The normalized spacial score (nSPS) is 16.4. The standard InChI is InChI=1S/C20H17F5N2O3/c21-15-3-1-12(18(28)27-13-2-4-16(22)17(23)8-13)7-14(15)20(24,25)19(29)26-9-11-5-6-30-10-11/h1-4,7-8,11H,5-6,9-10H2,(H,26,29)(H,27,28). The van der Waals surface area contributed by atoms with Gasteiger partial charge >= 0.3 is 5.92 Å². The third-order valence-corrected chi connectivity index (χ3v) is 4.60. The quantitative estimate of drug-likeness (QED) is 0.691. The molecule has 0 bridgehead atoms. The monoisotopic (exact) mass is 428 g/mol. The summed E-state index contributed by atoms with van der Waals surface area (Å²) >= 11 is 0. The van der Waals surface area contributed by atoms with E-state index in [1.165, 1.54) is 0 Å². The molecule has 3 rings (SSSR count). The van der Waals surface area contributed by atoms with E-state index in [0.29, 0.717) is 37.8 Å². The van der Waals surface area contributed by atoms with E-state index in [2.05, 4.69) is 10.6 Å². The molecule has 1 saturated heterocycles. The summed E-state index contributed by atoms with van der Waals surface area (Å²) in [6, 6.07) is 4.64. The van der Waals surface area contributed by atoms with E-state index in [0.717, 1.165) is 18.2 Å². The van der Waals surface area contributed by atoms with Crippen molar-refractivity contribution in [2.75, 3.05) is 25.1 Å². The van der Waals surface area contributed by atoms with Crippen LogP contribution in [0.1, 0.15) is 22.3 Å². The maximum absolute atomic E-state index is 14.5. The average molecular weight is 428 g/mol. The fourth-order valence-corrected chi connectivity index (χ4v) is 2.90.